The Labute approximate surface area is 70.6 Å². The van der Waals surface area contributed by atoms with Crippen molar-refractivity contribution < 1.29 is 14.7 Å². The van der Waals surface area contributed by atoms with Crippen molar-refractivity contribution in [3.05, 3.63) is 0 Å². The molecule has 0 aliphatic carbocycles. The maximum absolute atomic E-state index is 11.2. The van der Waals surface area contributed by atoms with Crippen LogP contribution in [-0.2, 0) is 4.79 Å². The molecule has 0 spiro atoms. The number of carbonyl (C=O) groups is 2. The molecule has 2 amide bonds. The lowest BCUT2D eigenvalue weighted by molar-refractivity contribution is -0.143. The molecule has 1 rings (SSSR count). The lowest BCUT2D eigenvalue weighted by Crippen LogP contribution is -2.51. The number of amides is 2. The van der Waals surface area contributed by atoms with Gasteiger partial charge in [-0.05, 0) is 0 Å². The van der Waals surface area contributed by atoms with Crippen LogP contribution in [0.15, 0.2) is 0 Å². The fourth-order valence-corrected chi connectivity index (χ4v) is 1.32. The average Bonchev–Trinajstić information content (AvgIpc) is 1.99. The molecule has 0 unspecified atom stereocenters. The highest BCUT2D eigenvalue weighted by Gasteiger charge is 2.31. The van der Waals surface area contributed by atoms with Crippen molar-refractivity contribution in [1.82, 2.24) is 9.80 Å². The van der Waals surface area contributed by atoms with E-state index in [0.717, 1.165) is 0 Å². The van der Waals surface area contributed by atoms with E-state index in [2.05, 4.69) is 0 Å². The SMILES string of the molecule is CN1CC(C(=O)O)CN(C)C1=O. The maximum Gasteiger partial charge on any atom is 0.319 e. The monoisotopic (exact) mass is 172 g/mol. The molecule has 68 valence electrons. The van der Waals surface area contributed by atoms with Crippen molar-refractivity contribution in [3.8, 4) is 0 Å². The highest BCUT2D eigenvalue weighted by atomic mass is 16.4. The van der Waals surface area contributed by atoms with Crippen molar-refractivity contribution in [2.45, 2.75) is 0 Å². The van der Waals surface area contributed by atoms with Gasteiger partial charge in [0.25, 0.3) is 0 Å². The van der Waals surface area contributed by atoms with Crippen molar-refractivity contribution in [2.24, 2.45) is 5.92 Å². The summed E-state index contributed by atoms with van der Waals surface area (Å²) in [7, 11) is 3.21. The van der Waals surface area contributed by atoms with Crippen molar-refractivity contribution >= 4 is 12.0 Å². The van der Waals surface area contributed by atoms with Crippen LogP contribution in [0.25, 0.3) is 0 Å². The zero-order chi connectivity index (χ0) is 9.30. The highest BCUT2D eigenvalue weighted by Crippen LogP contribution is 2.10. The first-order valence-corrected chi connectivity index (χ1v) is 3.71. The number of hydrogen-bond acceptors (Lipinski definition) is 2. The molecule has 0 aromatic carbocycles. The Bertz CT molecular complexity index is 203. The van der Waals surface area contributed by atoms with Gasteiger partial charge in [-0.1, -0.05) is 0 Å². The Balaban J connectivity index is 2.65. The maximum atomic E-state index is 11.2. The number of carboxylic acids is 1. The molecule has 0 atom stereocenters. The zero-order valence-electron chi connectivity index (χ0n) is 7.15. The van der Waals surface area contributed by atoms with Gasteiger partial charge in [0, 0.05) is 27.2 Å². The van der Waals surface area contributed by atoms with Crippen LogP contribution in [0.2, 0.25) is 0 Å². The summed E-state index contributed by atoms with van der Waals surface area (Å²) in [6.45, 7) is 0.608. The molecule has 1 saturated heterocycles. The first-order chi connectivity index (χ1) is 5.52. The predicted octanol–water partition coefficient (Wildman–Crippen LogP) is -0.316. The van der Waals surface area contributed by atoms with E-state index < -0.39 is 11.9 Å². The largest absolute Gasteiger partial charge is 0.481 e. The second-order valence-corrected chi connectivity index (χ2v) is 3.08. The standard InChI is InChI=1S/C7H12N2O3/c1-8-3-5(6(10)11)4-9(2)7(8)12/h5H,3-4H2,1-2H3,(H,10,11). The third-order valence-corrected chi connectivity index (χ3v) is 1.99. The first-order valence-electron chi connectivity index (χ1n) is 3.71. The van der Waals surface area contributed by atoms with Gasteiger partial charge in [-0.3, -0.25) is 4.79 Å². The molecule has 0 aromatic rings. The summed E-state index contributed by atoms with van der Waals surface area (Å²) >= 11 is 0. The van der Waals surface area contributed by atoms with E-state index in [1.165, 1.54) is 9.80 Å². The van der Waals surface area contributed by atoms with Crippen LogP contribution in [0.1, 0.15) is 0 Å². The number of carboxylic acid groups (broad SMARTS) is 1. The van der Waals surface area contributed by atoms with E-state index in [1.54, 1.807) is 14.1 Å². The molecular formula is C7H12N2O3. The number of nitrogens with zero attached hydrogens (tertiary/aromatic N) is 2. The van der Waals surface area contributed by atoms with Crippen LogP contribution in [0.3, 0.4) is 0 Å². The van der Waals surface area contributed by atoms with Gasteiger partial charge < -0.3 is 14.9 Å². The van der Waals surface area contributed by atoms with Crippen LogP contribution in [-0.4, -0.2) is 54.1 Å². The van der Waals surface area contributed by atoms with E-state index in [1.807, 2.05) is 0 Å². The third kappa shape index (κ3) is 1.49. The smallest absolute Gasteiger partial charge is 0.319 e. The van der Waals surface area contributed by atoms with E-state index in [9.17, 15) is 9.59 Å². The molecule has 0 saturated carbocycles. The van der Waals surface area contributed by atoms with Gasteiger partial charge >= 0.3 is 12.0 Å². The van der Waals surface area contributed by atoms with E-state index >= 15 is 0 Å². The summed E-state index contributed by atoms with van der Waals surface area (Å²) in [6.07, 6.45) is 0. The minimum atomic E-state index is -0.846. The summed E-state index contributed by atoms with van der Waals surface area (Å²) in [5.41, 5.74) is 0. The number of rotatable bonds is 1. The molecule has 5 nitrogen and oxygen atoms in total. The fraction of sp³-hybridized carbons (Fsp3) is 0.714. The Morgan fingerprint density at radius 1 is 1.42 bits per heavy atom. The van der Waals surface area contributed by atoms with Crippen LogP contribution in [0, 0.1) is 5.92 Å². The van der Waals surface area contributed by atoms with Crippen molar-refractivity contribution in [2.75, 3.05) is 27.2 Å². The van der Waals surface area contributed by atoms with Gasteiger partial charge in [-0.25, -0.2) is 4.79 Å². The van der Waals surface area contributed by atoms with Gasteiger partial charge in [0.05, 0.1) is 5.92 Å². The molecule has 5 heteroatoms. The lowest BCUT2D eigenvalue weighted by atomic mass is 10.1. The number of aliphatic carboxylic acids is 1. The molecule has 1 aliphatic heterocycles. The zero-order valence-corrected chi connectivity index (χ0v) is 7.15. The summed E-state index contributed by atoms with van der Waals surface area (Å²) in [5.74, 6) is -1.31. The number of carbonyl (C=O) groups excluding carboxylic acids is 1. The second kappa shape index (κ2) is 3.00. The van der Waals surface area contributed by atoms with Crippen molar-refractivity contribution in [3.63, 3.8) is 0 Å². The normalized spacial score (nSPS) is 20.0. The highest BCUT2D eigenvalue weighted by molar-refractivity contribution is 5.79. The van der Waals surface area contributed by atoms with E-state index in [4.69, 9.17) is 5.11 Å². The molecule has 0 radical (unpaired) electrons. The van der Waals surface area contributed by atoms with Gasteiger partial charge in [-0.2, -0.15) is 0 Å². The van der Waals surface area contributed by atoms with E-state index in [-0.39, 0.29) is 6.03 Å². The molecule has 0 bridgehead atoms. The minimum Gasteiger partial charge on any atom is -0.481 e. The molecule has 12 heavy (non-hydrogen) atoms. The van der Waals surface area contributed by atoms with Crippen molar-refractivity contribution in [1.29, 1.82) is 0 Å². The Morgan fingerprint density at radius 3 is 2.17 bits per heavy atom. The topological polar surface area (TPSA) is 60.9 Å². The van der Waals surface area contributed by atoms with Gasteiger partial charge in [0.15, 0.2) is 0 Å². The molecule has 1 heterocycles. The summed E-state index contributed by atoms with van der Waals surface area (Å²) in [6, 6.07) is -0.118. The molecule has 0 aromatic heterocycles. The molecule has 1 aliphatic rings. The second-order valence-electron chi connectivity index (χ2n) is 3.08. The number of hydrogen-bond donors (Lipinski definition) is 1. The van der Waals surface area contributed by atoms with Crippen LogP contribution in [0.5, 0.6) is 0 Å². The third-order valence-electron chi connectivity index (χ3n) is 1.99. The Kier molecular flexibility index (Phi) is 2.21. The minimum absolute atomic E-state index is 0.118. The number of urea groups is 1. The Hall–Kier alpha value is -1.26. The summed E-state index contributed by atoms with van der Waals surface area (Å²) in [4.78, 5) is 24.6. The van der Waals surface area contributed by atoms with Gasteiger partial charge in [0.2, 0.25) is 0 Å². The quantitative estimate of drug-likeness (QED) is 0.590. The van der Waals surface area contributed by atoms with E-state index in [0.29, 0.717) is 13.1 Å². The lowest BCUT2D eigenvalue weighted by Gasteiger charge is -2.34. The van der Waals surface area contributed by atoms with Crippen LogP contribution >= 0.6 is 0 Å². The summed E-state index contributed by atoms with van der Waals surface area (Å²) in [5, 5.41) is 8.70. The van der Waals surface area contributed by atoms with Gasteiger partial charge in [0.1, 0.15) is 0 Å². The molecule has 1 fully saturated rings. The van der Waals surface area contributed by atoms with Crippen LogP contribution in [0.4, 0.5) is 4.79 Å². The Morgan fingerprint density at radius 2 is 1.83 bits per heavy atom. The fourth-order valence-electron chi connectivity index (χ4n) is 1.32. The molecular weight excluding hydrogens is 160 g/mol. The summed E-state index contributed by atoms with van der Waals surface area (Å²) < 4.78 is 0. The van der Waals surface area contributed by atoms with Gasteiger partial charge in [-0.15, -0.1) is 0 Å². The predicted molar refractivity (Wildman–Crippen MR) is 41.8 cm³/mol. The molecule has 1 N–H and O–H groups in total. The first kappa shape index (κ1) is 8.83. The average molecular weight is 172 g/mol. The van der Waals surface area contributed by atoms with Crippen LogP contribution < -0.4 is 0 Å².